The molecule has 5 heteroatoms. The smallest absolute Gasteiger partial charge is 0.338 e. The van der Waals surface area contributed by atoms with Crippen LogP contribution in [-0.4, -0.2) is 27.8 Å². The fourth-order valence-electron chi connectivity index (χ4n) is 2.16. The molecule has 4 nitrogen and oxygen atoms in total. The van der Waals surface area contributed by atoms with Crippen molar-refractivity contribution < 1.29 is 17.9 Å². The highest BCUT2D eigenvalue weighted by atomic mass is 32.2. The van der Waals surface area contributed by atoms with E-state index in [2.05, 4.69) is 11.7 Å². The Morgan fingerprint density at radius 3 is 2.42 bits per heavy atom. The number of sulfone groups is 1. The number of benzene rings is 1. The number of methoxy groups -OCH3 is 1. The van der Waals surface area contributed by atoms with Gasteiger partial charge in [0.15, 0.2) is 9.84 Å². The highest BCUT2D eigenvalue weighted by Crippen LogP contribution is 2.25. The second-order valence-electron chi connectivity index (χ2n) is 4.59. The number of rotatable bonds is 5. The molecule has 1 rings (SSSR count). The maximum absolute atomic E-state index is 11.9. The van der Waals surface area contributed by atoms with Crippen molar-refractivity contribution >= 4 is 15.8 Å². The van der Waals surface area contributed by atoms with Crippen molar-refractivity contribution in [2.75, 3.05) is 13.4 Å². The maximum Gasteiger partial charge on any atom is 0.338 e. The minimum Gasteiger partial charge on any atom is -0.465 e. The van der Waals surface area contributed by atoms with Crippen molar-refractivity contribution in [1.82, 2.24) is 0 Å². The van der Waals surface area contributed by atoms with Gasteiger partial charge in [0.1, 0.15) is 0 Å². The Bertz CT molecular complexity index is 573. The largest absolute Gasteiger partial charge is 0.465 e. The molecule has 0 spiro atoms. The molecule has 0 bridgehead atoms. The molecule has 0 aliphatic carbocycles. The van der Waals surface area contributed by atoms with Gasteiger partial charge in [0.2, 0.25) is 0 Å². The molecule has 0 fully saturated rings. The predicted octanol–water partition coefficient (Wildman–Crippen LogP) is 2.53. The zero-order valence-corrected chi connectivity index (χ0v) is 12.6. The average molecular weight is 284 g/mol. The van der Waals surface area contributed by atoms with Crippen LogP contribution in [0.1, 0.15) is 41.3 Å². The lowest BCUT2D eigenvalue weighted by molar-refractivity contribution is 0.0599. The zero-order chi connectivity index (χ0) is 14.6. The van der Waals surface area contributed by atoms with E-state index in [1.807, 2.05) is 0 Å². The summed E-state index contributed by atoms with van der Waals surface area (Å²) >= 11 is 0. The monoisotopic (exact) mass is 284 g/mol. The van der Waals surface area contributed by atoms with Gasteiger partial charge in [-0.25, -0.2) is 13.2 Å². The molecule has 0 saturated heterocycles. The zero-order valence-electron chi connectivity index (χ0n) is 11.8. The van der Waals surface area contributed by atoms with Crippen molar-refractivity contribution in [2.45, 2.75) is 38.0 Å². The lowest BCUT2D eigenvalue weighted by Gasteiger charge is -2.14. The van der Waals surface area contributed by atoms with Crippen LogP contribution in [0, 0.1) is 6.92 Å². The van der Waals surface area contributed by atoms with Crippen LogP contribution < -0.4 is 0 Å². The Hall–Kier alpha value is -1.36. The minimum atomic E-state index is -3.37. The molecule has 0 amide bonds. The van der Waals surface area contributed by atoms with Gasteiger partial charge in [-0.2, -0.15) is 0 Å². The summed E-state index contributed by atoms with van der Waals surface area (Å²) in [5.41, 5.74) is 1.56. The van der Waals surface area contributed by atoms with Gasteiger partial charge < -0.3 is 4.74 Å². The van der Waals surface area contributed by atoms with Crippen molar-refractivity contribution in [3.63, 3.8) is 0 Å². The summed E-state index contributed by atoms with van der Waals surface area (Å²) in [5.74, 6) is -0.510. The van der Waals surface area contributed by atoms with Crippen molar-refractivity contribution in [2.24, 2.45) is 0 Å². The van der Waals surface area contributed by atoms with E-state index in [9.17, 15) is 13.2 Å². The summed E-state index contributed by atoms with van der Waals surface area (Å²) in [6.07, 6.45) is 3.77. The molecule has 1 aromatic rings. The van der Waals surface area contributed by atoms with Crippen LogP contribution in [0.3, 0.4) is 0 Å². The van der Waals surface area contributed by atoms with E-state index in [0.29, 0.717) is 17.5 Å². The van der Waals surface area contributed by atoms with E-state index in [0.717, 1.165) is 18.4 Å². The Kier molecular flexibility index (Phi) is 5.11. The maximum atomic E-state index is 11.9. The third-order valence-electron chi connectivity index (χ3n) is 3.06. The third-order valence-corrected chi connectivity index (χ3v) is 4.37. The first-order chi connectivity index (χ1) is 8.82. The second kappa shape index (κ2) is 6.19. The molecule has 0 radical (unpaired) electrons. The van der Waals surface area contributed by atoms with Gasteiger partial charge >= 0.3 is 5.97 Å². The molecule has 0 saturated carbocycles. The fraction of sp³-hybridized carbons (Fsp3) is 0.500. The molecule has 0 atom stereocenters. The van der Waals surface area contributed by atoms with Gasteiger partial charge in [0.25, 0.3) is 0 Å². The second-order valence-corrected chi connectivity index (χ2v) is 6.55. The number of aryl methyl sites for hydroxylation is 1. The van der Waals surface area contributed by atoms with Crippen molar-refractivity contribution in [3.8, 4) is 0 Å². The molecular formula is C14H20O4S. The van der Waals surface area contributed by atoms with E-state index >= 15 is 0 Å². The first-order valence-corrected chi connectivity index (χ1v) is 8.12. The van der Waals surface area contributed by atoms with Crippen LogP contribution in [0.4, 0.5) is 0 Å². The van der Waals surface area contributed by atoms with Crippen molar-refractivity contribution in [3.05, 3.63) is 28.8 Å². The Balaban J connectivity index is 3.45. The number of hydrogen-bond acceptors (Lipinski definition) is 4. The molecule has 0 aliphatic rings. The lowest BCUT2D eigenvalue weighted by Crippen LogP contribution is -2.11. The third kappa shape index (κ3) is 3.56. The average Bonchev–Trinajstić information content (AvgIpc) is 2.33. The topological polar surface area (TPSA) is 60.4 Å². The lowest BCUT2D eigenvalue weighted by atomic mass is 10.0. The number of carbonyl (C=O) groups excluding carboxylic acids is 1. The molecule has 0 N–H and O–H groups in total. The van der Waals surface area contributed by atoms with E-state index in [1.54, 1.807) is 19.1 Å². The Labute approximate surface area is 114 Å². The normalized spacial score (nSPS) is 11.4. The Morgan fingerprint density at radius 2 is 1.95 bits per heavy atom. The summed E-state index contributed by atoms with van der Waals surface area (Å²) < 4.78 is 28.6. The van der Waals surface area contributed by atoms with E-state index in [1.165, 1.54) is 13.4 Å². The summed E-state index contributed by atoms with van der Waals surface area (Å²) in [4.78, 5) is 11.9. The van der Waals surface area contributed by atoms with E-state index in [4.69, 9.17) is 0 Å². The SMILES string of the molecule is CCCCc1ccc(C(=O)OC)c(C)c1S(C)(=O)=O. The number of ether oxygens (including phenoxy) is 1. The van der Waals surface area contributed by atoms with Gasteiger partial charge in [0, 0.05) is 6.26 Å². The highest BCUT2D eigenvalue weighted by Gasteiger charge is 2.21. The van der Waals surface area contributed by atoms with Gasteiger partial charge in [-0.15, -0.1) is 0 Å². The Morgan fingerprint density at radius 1 is 1.32 bits per heavy atom. The van der Waals surface area contributed by atoms with Gasteiger partial charge in [-0.05, 0) is 37.0 Å². The number of hydrogen-bond donors (Lipinski definition) is 0. The quantitative estimate of drug-likeness (QED) is 0.780. The molecular weight excluding hydrogens is 264 g/mol. The van der Waals surface area contributed by atoms with Crippen LogP contribution in [0.2, 0.25) is 0 Å². The number of carbonyl (C=O) groups is 1. The molecule has 0 heterocycles. The van der Waals surface area contributed by atoms with Gasteiger partial charge in [-0.3, -0.25) is 0 Å². The van der Waals surface area contributed by atoms with Crippen LogP contribution in [0.5, 0.6) is 0 Å². The van der Waals surface area contributed by atoms with Crippen LogP contribution in [0.25, 0.3) is 0 Å². The first kappa shape index (κ1) is 15.7. The van der Waals surface area contributed by atoms with Crippen molar-refractivity contribution in [1.29, 1.82) is 0 Å². The molecule has 0 unspecified atom stereocenters. The highest BCUT2D eigenvalue weighted by molar-refractivity contribution is 7.90. The summed E-state index contributed by atoms with van der Waals surface area (Å²) in [5, 5.41) is 0. The molecule has 0 aromatic heterocycles. The standard InChI is InChI=1S/C14H20O4S/c1-5-6-7-11-8-9-12(14(15)18-3)10(2)13(11)19(4,16)17/h8-9H,5-7H2,1-4H3. The van der Waals surface area contributed by atoms with Gasteiger partial charge in [-0.1, -0.05) is 19.4 Å². The predicted molar refractivity (Wildman–Crippen MR) is 74.2 cm³/mol. The summed E-state index contributed by atoms with van der Waals surface area (Å²) in [6, 6.07) is 3.35. The van der Waals surface area contributed by atoms with Crippen LogP contribution >= 0.6 is 0 Å². The molecule has 0 aliphatic heterocycles. The minimum absolute atomic E-state index is 0.267. The van der Waals surface area contributed by atoms with Gasteiger partial charge in [0.05, 0.1) is 17.6 Å². The number of unbranched alkanes of at least 4 members (excludes halogenated alkanes) is 1. The summed E-state index contributed by atoms with van der Waals surface area (Å²) in [7, 11) is -2.08. The fourth-order valence-corrected chi connectivity index (χ4v) is 3.47. The summed E-state index contributed by atoms with van der Waals surface area (Å²) in [6.45, 7) is 3.70. The van der Waals surface area contributed by atoms with E-state index in [-0.39, 0.29) is 4.90 Å². The van der Waals surface area contributed by atoms with Crippen LogP contribution in [-0.2, 0) is 21.0 Å². The van der Waals surface area contributed by atoms with Crippen LogP contribution in [0.15, 0.2) is 17.0 Å². The first-order valence-electron chi connectivity index (χ1n) is 6.23. The van der Waals surface area contributed by atoms with E-state index < -0.39 is 15.8 Å². The molecule has 19 heavy (non-hydrogen) atoms. The molecule has 1 aromatic carbocycles. The number of esters is 1. The molecule has 106 valence electrons.